The number of hydrogen-bond acceptors (Lipinski definition) is 4. The van der Waals surface area contributed by atoms with Gasteiger partial charge in [0.2, 0.25) is 0 Å². The number of nitrogens with one attached hydrogen (secondary N) is 1. The molecule has 0 saturated carbocycles. The number of ketones is 2. The molecule has 1 heterocycles. The fourth-order valence-electron chi connectivity index (χ4n) is 2.52. The lowest BCUT2D eigenvalue weighted by Gasteiger charge is -2.17. The molecule has 0 atom stereocenters. The Hall–Kier alpha value is -1.46. The van der Waals surface area contributed by atoms with Gasteiger partial charge in [-0.25, -0.2) is 0 Å². The molecule has 0 amide bonds. The molecule has 0 bridgehead atoms. The molecule has 0 aliphatic rings. The van der Waals surface area contributed by atoms with E-state index in [1.54, 1.807) is 0 Å². The molecule has 1 aromatic heterocycles. The van der Waals surface area contributed by atoms with E-state index >= 15 is 0 Å². The lowest BCUT2D eigenvalue weighted by atomic mass is 10.0. The summed E-state index contributed by atoms with van der Waals surface area (Å²) in [6.45, 7) is 8.69. The maximum absolute atomic E-state index is 12.4. The van der Waals surface area contributed by atoms with Gasteiger partial charge in [-0.2, -0.15) is 0 Å². The highest BCUT2D eigenvalue weighted by Gasteiger charge is 2.22. The van der Waals surface area contributed by atoms with Crippen molar-refractivity contribution in [2.75, 3.05) is 26.2 Å². The summed E-state index contributed by atoms with van der Waals surface area (Å²) in [5.74, 6) is -0.0508. The summed E-state index contributed by atoms with van der Waals surface area (Å²) in [7, 11) is 0. The van der Waals surface area contributed by atoms with Crippen LogP contribution in [0, 0.1) is 6.92 Å². The van der Waals surface area contributed by atoms with Crippen molar-refractivity contribution in [2.45, 2.75) is 34.1 Å². The number of rotatable bonds is 8. The Morgan fingerprint density at radius 1 is 1.30 bits per heavy atom. The number of nitrogens with zero attached hydrogens (tertiary/aromatic N) is 1. The van der Waals surface area contributed by atoms with Crippen LogP contribution in [0.5, 0.6) is 0 Å². The molecule has 20 heavy (non-hydrogen) atoms. The van der Waals surface area contributed by atoms with E-state index in [2.05, 4.69) is 4.98 Å². The molecule has 5 heteroatoms. The predicted molar refractivity (Wildman–Crippen MR) is 78.4 cm³/mol. The summed E-state index contributed by atoms with van der Waals surface area (Å²) in [5.41, 5.74) is 2.73. The number of Topliss-reactive ketones (excluding diaryl/α,β-unsaturated/α-hetero) is 2. The number of H-pyrrole nitrogens is 1. The highest BCUT2D eigenvalue weighted by Crippen LogP contribution is 2.21. The lowest BCUT2D eigenvalue weighted by Crippen LogP contribution is -2.32. The summed E-state index contributed by atoms with van der Waals surface area (Å²) >= 11 is 0. The summed E-state index contributed by atoms with van der Waals surface area (Å²) < 4.78 is 0. The van der Waals surface area contributed by atoms with Crippen molar-refractivity contribution in [3.63, 3.8) is 0 Å². The van der Waals surface area contributed by atoms with Gasteiger partial charge in [-0.1, -0.05) is 13.8 Å². The molecular formula is C15H24N2O3. The molecule has 0 fully saturated rings. The Bertz CT molecular complexity index is 492. The second-order valence-electron chi connectivity index (χ2n) is 4.90. The third kappa shape index (κ3) is 3.55. The van der Waals surface area contributed by atoms with Gasteiger partial charge in [-0.3, -0.25) is 14.5 Å². The van der Waals surface area contributed by atoms with Crippen LogP contribution in [-0.4, -0.2) is 52.8 Å². The summed E-state index contributed by atoms with van der Waals surface area (Å²) in [5, 5.41) is 8.97. The third-order valence-electron chi connectivity index (χ3n) is 3.51. The molecule has 0 radical (unpaired) electrons. The van der Waals surface area contributed by atoms with E-state index in [-0.39, 0.29) is 24.7 Å². The van der Waals surface area contributed by atoms with Crippen LogP contribution in [0.4, 0.5) is 0 Å². The summed E-state index contributed by atoms with van der Waals surface area (Å²) in [4.78, 5) is 29.0. The molecule has 112 valence electrons. The van der Waals surface area contributed by atoms with Crippen LogP contribution in [0.15, 0.2) is 0 Å². The first-order valence-corrected chi connectivity index (χ1v) is 7.04. The number of aliphatic hydroxyl groups is 1. The Morgan fingerprint density at radius 3 is 2.40 bits per heavy atom. The number of likely N-dealkylation sites (N-methyl/N-ethyl adjacent to an activating group) is 1. The first-order valence-electron chi connectivity index (χ1n) is 7.04. The highest BCUT2D eigenvalue weighted by atomic mass is 16.3. The highest BCUT2D eigenvalue weighted by molar-refractivity contribution is 6.04. The van der Waals surface area contributed by atoms with Crippen molar-refractivity contribution in [1.29, 1.82) is 0 Å². The fourth-order valence-corrected chi connectivity index (χ4v) is 2.52. The first kappa shape index (κ1) is 16.6. The normalized spacial score (nSPS) is 11.1. The van der Waals surface area contributed by atoms with Crippen LogP contribution in [0.25, 0.3) is 0 Å². The van der Waals surface area contributed by atoms with Gasteiger partial charge in [0.15, 0.2) is 11.6 Å². The molecule has 0 unspecified atom stereocenters. The SMILES string of the molecule is CCc1c(C(=O)CN(CC)CCO)[nH]c(C)c1C(C)=O. The van der Waals surface area contributed by atoms with E-state index in [1.807, 2.05) is 25.7 Å². The largest absolute Gasteiger partial charge is 0.395 e. The average Bonchev–Trinajstić information content (AvgIpc) is 2.74. The van der Waals surface area contributed by atoms with E-state index in [9.17, 15) is 9.59 Å². The summed E-state index contributed by atoms with van der Waals surface area (Å²) in [6.07, 6.45) is 0.645. The van der Waals surface area contributed by atoms with E-state index < -0.39 is 0 Å². The van der Waals surface area contributed by atoms with Crippen molar-refractivity contribution in [1.82, 2.24) is 9.88 Å². The summed E-state index contributed by atoms with van der Waals surface area (Å²) in [6, 6.07) is 0. The molecule has 0 aromatic carbocycles. The fraction of sp³-hybridized carbons (Fsp3) is 0.600. The maximum atomic E-state index is 12.4. The number of aliphatic hydroxyl groups excluding tert-OH is 1. The second kappa shape index (κ2) is 7.36. The van der Waals surface area contributed by atoms with Gasteiger partial charge < -0.3 is 10.1 Å². The van der Waals surface area contributed by atoms with E-state index in [0.717, 1.165) is 11.3 Å². The van der Waals surface area contributed by atoms with Crippen molar-refractivity contribution >= 4 is 11.6 Å². The first-order chi connectivity index (χ1) is 9.46. The van der Waals surface area contributed by atoms with Crippen molar-refractivity contribution in [3.8, 4) is 0 Å². The van der Waals surface area contributed by atoms with Crippen LogP contribution in [0.1, 0.15) is 52.9 Å². The van der Waals surface area contributed by atoms with Crippen LogP contribution in [0.3, 0.4) is 0 Å². The minimum absolute atomic E-state index is 0.0163. The average molecular weight is 280 g/mol. The van der Waals surface area contributed by atoms with Gasteiger partial charge in [-0.05, 0) is 32.4 Å². The molecule has 5 nitrogen and oxygen atoms in total. The van der Waals surface area contributed by atoms with Crippen molar-refractivity contribution in [2.24, 2.45) is 0 Å². The second-order valence-corrected chi connectivity index (χ2v) is 4.90. The van der Waals surface area contributed by atoms with Gasteiger partial charge in [0, 0.05) is 17.8 Å². The molecule has 1 aromatic rings. The number of carbonyl (C=O) groups is 2. The predicted octanol–water partition coefficient (Wildman–Crippen LogP) is 1.59. The third-order valence-corrected chi connectivity index (χ3v) is 3.51. The molecule has 0 aliphatic carbocycles. The van der Waals surface area contributed by atoms with Crippen molar-refractivity contribution in [3.05, 3.63) is 22.5 Å². The standard InChI is InChI=1S/C15H24N2O3/c1-5-12-14(11(4)19)10(3)16-15(12)13(20)9-17(6-2)7-8-18/h16,18H,5-9H2,1-4H3. The van der Waals surface area contributed by atoms with Crippen LogP contribution >= 0.6 is 0 Å². The van der Waals surface area contributed by atoms with Gasteiger partial charge in [-0.15, -0.1) is 0 Å². The van der Waals surface area contributed by atoms with Gasteiger partial charge in [0.05, 0.1) is 18.8 Å². The van der Waals surface area contributed by atoms with Crippen LogP contribution in [-0.2, 0) is 6.42 Å². The smallest absolute Gasteiger partial charge is 0.193 e. The lowest BCUT2D eigenvalue weighted by molar-refractivity contribution is 0.0914. The van der Waals surface area contributed by atoms with Gasteiger partial charge in [0.25, 0.3) is 0 Å². The molecule has 0 saturated heterocycles. The monoisotopic (exact) mass is 280 g/mol. The van der Waals surface area contributed by atoms with Gasteiger partial charge >= 0.3 is 0 Å². The molecule has 0 aliphatic heterocycles. The molecule has 2 N–H and O–H groups in total. The van der Waals surface area contributed by atoms with E-state index in [0.29, 0.717) is 30.8 Å². The maximum Gasteiger partial charge on any atom is 0.193 e. The quantitative estimate of drug-likeness (QED) is 0.709. The number of aromatic nitrogens is 1. The minimum Gasteiger partial charge on any atom is -0.395 e. The van der Waals surface area contributed by atoms with E-state index in [1.165, 1.54) is 6.92 Å². The minimum atomic E-state index is -0.0345. The zero-order valence-electron chi connectivity index (χ0n) is 12.7. The van der Waals surface area contributed by atoms with Crippen LogP contribution in [0.2, 0.25) is 0 Å². The number of hydrogen-bond donors (Lipinski definition) is 2. The van der Waals surface area contributed by atoms with Crippen molar-refractivity contribution < 1.29 is 14.7 Å². The zero-order chi connectivity index (χ0) is 15.3. The number of aryl methyl sites for hydroxylation is 1. The molecular weight excluding hydrogens is 256 g/mol. The number of carbonyl (C=O) groups excluding carboxylic acids is 2. The topological polar surface area (TPSA) is 73.4 Å². The Labute approximate surface area is 120 Å². The zero-order valence-corrected chi connectivity index (χ0v) is 12.7. The molecule has 0 spiro atoms. The van der Waals surface area contributed by atoms with Crippen LogP contribution < -0.4 is 0 Å². The Morgan fingerprint density at radius 2 is 1.95 bits per heavy atom. The Kier molecular flexibility index (Phi) is 6.10. The molecule has 1 rings (SSSR count). The Balaban J connectivity index is 3.04. The van der Waals surface area contributed by atoms with Gasteiger partial charge in [0.1, 0.15) is 0 Å². The number of aromatic amines is 1. The van der Waals surface area contributed by atoms with E-state index in [4.69, 9.17) is 5.11 Å².